The number of thiophene rings is 1. The number of carbonyl (C=O) groups is 1. The van der Waals surface area contributed by atoms with E-state index in [2.05, 4.69) is 4.98 Å². The van der Waals surface area contributed by atoms with Crippen LogP contribution in [-0.2, 0) is 24.7 Å². The van der Waals surface area contributed by atoms with Crippen LogP contribution < -0.4 is 9.46 Å². The average Bonchev–Trinajstić information content (AvgIpc) is 3.46. The number of sulfone groups is 1. The van der Waals surface area contributed by atoms with E-state index in [1.807, 2.05) is 29.0 Å². The van der Waals surface area contributed by atoms with E-state index in [4.69, 9.17) is 27.9 Å². The topological polar surface area (TPSA) is 122 Å². The molecule has 0 aliphatic heterocycles. The van der Waals surface area contributed by atoms with Crippen LogP contribution in [0, 0.1) is 0 Å². The highest BCUT2D eigenvalue weighted by Crippen LogP contribution is 2.36. The number of hydrogen-bond donors (Lipinski definition) is 2. The highest BCUT2D eigenvalue weighted by molar-refractivity contribution is 7.92. The molecule has 2 heterocycles. The Morgan fingerprint density at radius 2 is 1.70 bits per heavy atom. The Bertz CT molecular complexity index is 1880. The maximum absolute atomic E-state index is 13.6. The average molecular weight is 596 g/mol. The fraction of sp³-hybridized carbons (Fsp3) is 0.0417. The summed E-state index contributed by atoms with van der Waals surface area (Å²) in [5.41, 5.74) is 0.466. The lowest BCUT2D eigenvalue weighted by Crippen LogP contribution is -2.34. The van der Waals surface area contributed by atoms with Crippen LogP contribution in [0.15, 0.2) is 86.9 Å². The van der Waals surface area contributed by atoms with Crippen LogP contribution in [0.3, 0.4) is 0 Å². The molecule has 2 aromatic heterocycles. The summed E-state index contributed by atoms with van der Waals surface area (Å²) in [7, 11) is -8.19. The van der Waals surface area contributed by atoms with E-state index in [0.29, 0.717) is 16.9 Å². The van der Waals surface area contributed by atoms with Crippen molar-refractivity contribution in [3.63, 3.8) is 0 Å². The molecule has 0 saturated carbocycles. The number of aromatic amines is 1. The van der Waals surface area contributed by atoms with E-state index in [1.165, 1.54) is 18.3 Å². The number of rotatable bonds is 7. The Kier molecular flexibility index (Phi) is 6.67. The van der Waals surface area contributed by atoms with Gasteiger partial charge in [0.2, 0.25) is 9.84 Å². The third-order valence-corrected chi connectivity index (χ3v) is 10.9. The minimum atomic E-state index is -4.21. The lowest BCUT2D eigenvalue weighted by molar-refractivity contribution is -0.121. The normalized spacial score (nSPS) is 12.2. The first-order valence-electron chi connectivity index (χ1n) is 10.5. The third-order valence-electron chi connectivity index (χ3n) is 5.45. The molecular weight excluding hydrogens is 579 g/mol. The summed E-state index contributed by atoms with van der Waals surface area (Å²) in [6.45, 7) is -0.689. The van der Waals surface area contributed by atoms with E-state index in [0.717, 1.165) is 16.8 Å². The predicted octanol–water partition coefficient (Wildman–Crippen LogP) is 5.41. The number of amides is 1. The van der Waals surface area contributed by atoms with Crippen molar-refractivity contribution < 1.29 is 26.4 Å². The Balaban J connectivity index is 1.42. The van der Waals surface area contributed by atoms with Crippen molar-refractivity contribution in [1.82, 2.24) is 9.71 Å². The Labute approximate surface area is 225 Å². The summed E-state index contributed by atoms with van der Waals surface area (Å²) in [6, 6.07) is 18.2. The maximum atomic E-state index is 13.6. The van der Waals surface area contributed by atoms with Gasteiger partial charge in [-0.1, -0.05) is 59.6 Å². The van der Waals surface area contributed by atoms with Crippen LogP contribution in [0.1, 0.15) is 0 Å². The summed E-state index contributed by atoms with van der Waals surface area (Å²) in [5.74, 6) is -0.875. The zero-order chi connectivity index (χ0) is 26.4. The van der Waals surface area contributed by atoms with Crippen molar-refractivity contribution in [2.45, 2.75) is 14.0 Å². The molecule has 5 rings (SSSR count). The van der Waals surface area contributed by atoms with Gasteiger partial charge in [0, 0.05) is 6.20 Å². The Morgan fingerprint density at radius 3 is 2.43 bits per heavy atom. The minimum absolute atomic E-state index is 0.0377. The summed E-state index contributed by atoms with van der Waals surface area (Å²) in [6.07, 6.45) is 1.36. The van der Waals surface area contributed by atoms with Crippen LogP contribution >= 0.6 is 34.5 Å². The number of sulfonamides is 1. The number of carbonyl (C=O) groups excluding carboxylic acids is 1. The molecule has 8 nitrogen and oxygen atoms in total. The third kappa shape index (κ3) is 4.92. The monoisotopic (exact) mass is 594 g/mol. The lowest BCUT2D eigenvalue weighted by atomic mass is 10.1. The number of benzene rings is 3. The van der Waals surface area contributed by atoms with Crippen molar-refractivity contribution in [2.75, 3.05) is 6.61 Å². The fourth-order valence-electron chi connectivity index (χ4n) is 3.75. The molecule has 0 aliphatic carbocycles. The van der Waals surface area contributed by atoms with Gasteiger partial charge in [0.05, 0.1) is 20.8 Å². The van der Waals surface area contributed by atoms with Gasteiger partial charge in [-0.05, 0) is 41.1 Å². The highest BCUT2D eigenvalue weighted by Gasteiger charge is 2.26. The number of nitrogens with one attached hydrogen (secondary N) is 2. The van der Waals surface area contributed by atoms with Crippen molar-refractivity contribution in [1.29, 1.82) is 0 Å². The Hall–Kier alpha value is -3.09. The maximum Gasteiger partial charge on any atom is 0.273 e. The van der Waals surface area contributed by atoms with Gasteiger partial charge < -0.3 is 9.72 Å². The predicted molar refractivity (Wildman–Crippen MR) is 143 cm³/mol. The molecule has 2 N–H and O–H groups in total. The molecule has 37 heavy (non-hydrogen) atoms. The summed E-state index contributed by atoms with van der Waals surface area (Å²) < 4.78 is 59.3. The highest BCUT2D eigenvalue weighted by atomic mass is 35.5. The second-order valence-electron chi connectivity index (χ2n) is 7.85. The Morgan fingerprint density at radius 1 is 0.946 bits per heavy atom. The molecule has 0 bridgehead atoms. The molecule has 0 atom stereocenters. The molecular formula is C24H16Cl2N2O6S3. The fourth-order valence-corrected chi connectivity index (χ4v) is 8.07. The van der Waals surface area contributed by atoms with Gasteiger partial charge in [0.1, 0.15) is 19.2 Å². The molecule has 0 aliphatic rings. The molecule has 0 radical (unpaired) electrons. The van der Waals surface area contributed by atoms with Crippen molar-refractivity contribution in [3.05, 3.63) is 82.3 Å². The molecule has 0 fully saturated rings. The molecule has 0 unspecified atom stereocenters. The van der Waals surface area contributed by atoms with Gasteiger partial charge in [-0.3, -0.25) is 4.79 Å². The van der Waals surface area contributed by atoms with Gasteiger partial charge in [-0.25, -0.2) is 21.6 Å². The first-order valence-corrected chi connectivity index (χ1v) is 15.1. The lowest BCUT2D eigenvalue weighted by Gasteiger charge is -2.10. The second-order valence-corrected chi connectivity index (χ2v) is 13.7. The van der Waals surface area contributed by atoms with Gasteiger partial charge >= 0.3 is 0 Å². The van der Waals surface area contributed by atoms with Crippen LogP contribution in [0.2, 0.25) is 9.36 Å². The SMILES string of the molecule is O=C(COc1cccc2[nH]cc(S(=O)(=O)c3ccc4ccccc4c3)c12)NS(=O)(=O)c1cc(Cl)c(Cl)s1. The summed E-state index contributed by atoms with van der Waals surface area (Å²) in [4.78, 5) is 15.4. The first-order chi connectivity index (χ1) is 17.6. The molecule has 0 spiro atoms. The number of halogens is 2. The molecule has 190 valence electrons. The quantitative estimate of drug-likeness (QED) is 0.260. The van der Waals surface area contributed by atoms with Crippen molar-refractivity contribution in [2.24, 2.45) is 0 Å². The van der Waals surface area contributed by atoms with E-state index in [-0.39, 0.29) is 34.5 Å². The molecule has 13 heteroatoms. The standard InChI is InChI=1S/C24H16Cl2N2O6S3/c25-17-11-22(35-24(17)26)37(32,33)28-21(29)13-34-19-7-3-6-18-23(19)20(12-27-18)36(30,31)16-9-8-14-4-1-2-5-15(14)10-16/h1-12,27H,13H2,(H,28,29). The number of hydrogen-bond acceptors (Lipinski definition) is 7. The van der Waals surface area contributed by atoms with Crippen LogP contribution in [0.25, 0.3) is 21.7 Å². The molecule has 1 amide bonds. The number of H-pyrrole nitrogens is 1. The smallest absolute Gasteiger partial charge is 0.273 e. The van der Waals surface area contributed by atoms with E-state index in [1.54, 1.807) is 24.3 Å². The van der Waals surface area contributed by atoms with Gasteiger partial charge in [-0.2, -0.15) is 0 Å². The van der Waals surface area contributed by atoms with Crippen LogP contribution in [0.4, 0.5) is 0 Å². The van der Waals surface area contributed by atoms with Crippen molar-refractivity contribution >= 4 is 82.0 Å². The van der Waals surface area contributed by atoms with Gasteiger partial charge in [0.15, 0.2) is 6.61 Å². The van der Waals surface area contributed by atoms with Crippen LogP contribution in [0.5, 0.6) is 5.75 Å². The molecule has 0 saturated heterocycles. The van der Waals surface area contributed by atoms with Crippen LogP contribution in [-0.4, -0.2) is 34.3 Å². The van der Waals surface area contributed by atoms with Gasteiger partial charge in [0.25, 0.3) is 15.9 Å². The number of aromatic nitrogens is 1. The van der Waals surface area contributed by atoms with Crippen molar-refractivity contribution in [3.8, 4) is 5.75 Å². The molecule has 3 aromatic carbocycles. The van der Waals surface area contributed by atoms with E-state index in [9.17, 15) is 21.6 Å². The number of fused-ring (bicyclic) bond motifs is 2. The summed E-state index contributed by atoms with van der Waals surface area (Å²) >= 11 is 12.3. The minimum Gasteiger partial charge on any atom is -0.483 e. The first kappa shape index (κ1) is 25.6. The van der Waals surface area contributed by atoms with E-state index < -0.39 is 32.4 Å². The summed E-state index contributed by atoms with van der Waals surface area (Å²) in [5, 5.41) is 1.96. The second kappa shape index (κ2) is 9.66. The number of ether oxygens (including phenoxy) is 1. The zero-order valence-corrected chi connectivity index (χ0v) is 22.5. The van der Waals surface area contributed by atoms with Gasteiger partial charge in [-0.15, -0.1) is 11.3 Å². The molecule has 5 aromatic rings. The largest absolute Gasteiger partial charge is 0.483 e. The zero-order valence-electron chi connectivity index (χ0n) is 18.6. The van der Waals surface area contributed by atoms with E-state index >= 15 is 0 Å².